The zero-order valence-electron chi connectivity index (χ0n) is 11.9. The van der Waals surface area contributed by atoms with Crippen molar-refractivity contribution in [3.63, 3.8) is 0 Å². The summed E-state index contributed by atoms with van der Waals surface area (Å²) in [5.41, 5.74) is 0.694. The van der Waals surface area contributed by atoms with E-state index in [0.717, 1.165) is 38.0 Å². The van der Waals surface area contributed by atoms with Crippen molar-refractivity contribution < 1.29 is 13.9 Å². The molecule has 110 valence electrons. The van der Waals surface area contributed by atoms with Crippen molar-refractivity contribution >= 4 is 0 Å². The molecule has 0 spiro atoms. The smallest absolute Gasteiger partial charge is 0.126 e. The topological polar surface area (TPSA) is 30.5 Å². The third-order valence-corrected chi connectivity index (χ3v) is 4.70. The van der Waals surface area contributed by atoms with Gasteiger partial charge >= 0.3 is 0 Å². The normalized spacial score (nSPS) is 33.1. The van der Waals surface area contributed by atoms with Gasteiger partial charge in [-0.2, -0.15) is 0 Å². The number of hydrogen-bond acceptors (Lipinski definition) is 3. The molecule has 20 heavy (non-hydrogen) atoms. The number of rotatable bonds is 5. The number of halogens is 1. The van der Waals surface area contributed by atoms with Crippen molar-refractivity contribution in [1.82, 2.24) is 5.32 Å². The summed E-state index contributed by atoms with van der Waals surface area (Å²) in [5, 5.41) is 3.54. The Labute approximate surface area is 119 Å². The zero-order chi connectivity index (χ0) is 14.0. The Morgan fingerprint density at radius 3 is 2.85 bits per heavy atom. The third-order valence-electron chi connectivity index (χ3n) is 4.70. The van der Waals surface area contributed by atoms with Gasteiger partial charge in [-0.15, -0.1) is 0 Å². The van der Waals surface area contributed by atoms with Crippen LogP contribution < -0.4 is 5.32 Å². The van der Waals surface area contributed by atoms with Crippen LogP contribution in [0.25, 0.3) is 0 Å². The Hall–Kier alpha value is -0.970. The molecule has 2 fully saturated rings. The van der Waals surface area contributed by atoms with Crippen LogP contribution >= 0.6 is 0 Å². The molecule has 2 aliphatic rings. The van der Waals surface area contributed by atoms with Crippen molar-refractivity contribution in [2.24, 2.45) is 0 Å². The van der Waals surface area contributed by atoms with Gasteiger partial charge < -0.3 is 14.8 Å². The molecule has 0 bridgehead atoms. The fourth-order valence-corrected chi connectivity index (χ4v) is 3.14. The van der Waals surface area contributed by atoms with Gasteiger partial charge in [0.05, 0.1) is 6.61 Å². The van der Waals surface area contributed by atoms with Crippen LogP contribution in [0.4, 0.5) is 4.39 Å². The summed E-state index contributed by atoms with van der Waals surface area (Å²) in [6, 6.07) is 7.57. The minimum absolute atomic E-state index is 0.0755. The maximum Gasteiger partial charge on any atom is 0.126 e. The number of benzene rings is 1. The fourth-order valence-electron chi connectivity index (χ4n) is 3.14. The zero-order valence-corrected chi connectivity index (χ0v) is 11.9. The summed E-state index contributed by atoms with van der Waals surface area (Å²) < 4.78 is 24.7. The number of nitrogens with one attached hydrogen (secondary N) is 1. The number of hydrogen-bond donors (Lipinski definition) is 1. The maximum absolute atomic E-state index is 13.7. The molecule has 0 amide bonds. The van der Waals surface area contributed by atoms with Gasteiger partial charge in [-0.1, -0.05) is 18.2 Å². The number of ether oxygens (including phenoxy) is 2. The monoisotopic (exact) mass is 279 g/mol. The van der Waals surface area contributed by atoms with Gasteiger partial charge in [0, 0.05) is 32.7 Å². The van der Waals surface area contributed by atoms with Crippen LogP contribution in [0.1, 0.15) is 30.7 Å². The Bertz CT molecular complexity index is 454. The predicted molar refractivity (Wildman–Crippen MR) is 75.3 cm³/mol. The minimum Gasteiger partial charge on any atom is -0.378 e. The highest BCUT2D eigenvalue weighted by Gasteiger charge is 2.38. The Morgan fingerprint density at radius 2 is 2.20 bits per heavy atom. The van der Waals surface area contributed by atoms with Crippen LogP contribution in [0, 0.1) is 5.82 Å². The molecule has 1 heterocycles. The molecule has 4 heteroatoms. The van der Waals surface area contributed by atoms with Crippen molar-refractivity contribution in [2.75, 3.05) is 26.9 Å². The molecule has 1 saturated heterocycles. The Morgan fingerprint density at radius 1 is 1.40 bits per heavy atom. The molecule has 1 atom stereocenters. The summed E-state index contributed by atoms with van der Waals surface area (Å²) >= 11 is 0. The van der Waals surface area contributed by atoms with Crippen LogP contribution in [0.5, 0.6) is 0 Å². The highest BCUT2D eigenvalue weighted by molar-refractivity contribution is 5.24. The average molecular weight is 279 g/mol. The fraction of sp³-hybridized carbons (Fsp3) is 0.625. The molecular formula is C16H22FNO2. The molecule has 3 rings (SSSR count). The van der Waals surface area contributed by atoms with E-state index in [0.29, 0.717) is 18.6 Å². The average Bonchev–Trinajstić information content (AvgIpc) is 2.88. The van der Waals surface area contributed by atoms with Gasteiger partial charge in [-0.05, 0) is 30.4 Å². The first-order valence-electron chi connectivity index (χ1n) is 7.33. The lowest BCUT2D eigenvalue weighted by atomic mass is 9.75. The van der Waals surface area contributed by atoms with E-state index in [9.17, 15) is 4.39 Å². The van der Waals surface area contributed by atoms with Gasteiger partial charge in [-0.25, -0.2) is 4.39 Å². The molecule has 1 aromatic carbocycles. The lowest BCUT2D eigenvalue weighted by molar-refractivity contribution is -0.0196. The van der Waals surface area contributed by atoms with Crippen LogP contribution in [-0.4, -0.2) is 38.5 Å². The Balaban J connectivity index is 1.48. The van der Waals surface area contributed by atoms with E-state index in [1.807, 2.05) is 12.1 Å². The summed E-state index contributed by atoms with van der Waals surface area (Å²) in [6.45, 7) is 2.26. The van der Waals surface area contributed by atoms with Crippen molar-refractivity contribution in [2.45, 2.75) is 36.8 Å². The summed E-state index contributed by atoms with van der Waals surface area (Å²) in [6.07, 6.45) is 2.95. The van der Waals surface area contributed by atoms with Crippen LogP contribution in [0.2, 0.25) is 0 Å². The van der Waals surface area contributed by atoms with E-state index in [4.69, 9.17) is 9.47 Å². The first-order valence-corrected chi connectivity index (χ1v) is 7.33. The maximum atomic E-state index is 13.7. The molecule has 1 aliphatic heterocycles. The predicted octanol–water partition coefficient (Wildman–Crippen LogP) is 2.47. The lowest BCUT2D eigenvalue weighted by Gasteiger charge is -2.38. The largest absolute Gasteiger partial charge is 0.378 e. The van der Waals surface area contributed by atoms with E-state index >= 15 is 0 Å². The van der Waals surface area contributed by atoms with Gasteiger partial charge in [0.25, 0.3) is 0 Å². The van der Waals surface area contributed by atoms with Crippen molar-refractivity contribution in [1.29, 1.82) is 0 Å². The molecule has 1 N–H and O–H groups in total. The minimum atomic E-state index is -0.164. The second-order valence-electron chi connectivity index (χ2n) is 5.96. The van der Waals surface area contributed by atoms with E-state index < -0.39 is 0 Å². The van der Waals surface area contributed by atoms with Gasteiger partial charge in [-0.3, -0.25) is 0 Å². The van der Waals surface area contributed by atoms with Gasteiger partial charge in [0.15, 0.2) is 0 Å². The van der Waals surface area contributed by atoms with Crippen LogP contribution in [0.3, 0.4) is 0 Å². The van der Waals surface area contributed by atoms with Gasteiger partial charge in [0.1, 0.15) is 11.4 Å². The molecule has 1 aliphatic carbocycles. The van der Waals surface area contributed by atoms with Crippen molar-refractivity contribution in [3.8, 4) is 0 Å². The van der Waals surface area contributed by atoms with E-state index in [2.05, 4.69) is 5.32 Å². The van der Waals surface area contributed by atoms with Crippen LogP contribution in [0.15, 0.2) is 24.3 Å². The highest BCUT2D eigenvalue weighted by Crippen LogP contribution is 2.38. The van der Waals surface area contributed by atoms with E-state index in [-0.39, 0.29) is 11.4 Å². The van der Waals surface area contributed by atoms with Crippen LogP contribution in [-0.2, 0) is 9.47 Å². The quantitative estimate of drug-likeness (QED) is 0.898. The summed E-state index contributed by atoms with van der Waals surface area (Å²) in [4.78, 5) is 0. The molecule has 3 nitrogen and oxygen atoms in total. The van der Waals surface area contributed by atoms with Gasteiger partial charge in [0.2, 0.25) is 0 Å². The molecule has 0 aromatic heterocycles. The molecule has 0 radical (unpaired) electrons. The third kappa shape index (κ3) is 2.73. The molecule has 1 aromatic rings. The molecular weight excluding hydrogens is 257 g/mol. The summed E-state index contributed by atoms with van der Waals surface area (Å²) in [5.74, 6) is 0.278. The number of methoxy groups -OCH3 is 1. The lowest BCUT2D eigenvalue weighted by Crippen LogP contribution is -2.49. The van der Waals surface area contributed by atoms with Crippen molar-refractivity contribution in [3.05, 3.63) is 35.6 Å². The summed E-state index contributed by atoms with van der Waals surface area (Å²) in [7, 11) is 1.75. The van der Waals surface area contributed by atoms with E-state index in [1.165, 1.54) is 0 Å². The van der Waals surface area contributed by atoms with E-state index in [1.54, 1.807) is 19.2 Å². The highest BCUT2D eigenvalue weighted by atomic mass is 19.1. The first-order chi connectivity index (χ1) is 9.72. The molecule has 1 unspecified atom stereocenters. The molecule has 1 saturated carbocycles. The SMILES string of the molecule is COC1(CNC2CC(c3ccccc3F)C2)CCOC1. The Kier molecular flexibility index (Phi) is 4.06. The second-order valence-corrected chi connectivity index (χ2v) is 5.96. The standard InChI is InChI=1S/C16H22FNO2/c1-19-16(6-7-20-11-16)10-18-13-8-12(9-13)14-4-2-3-5-15(14)17/h2-5,12-13,18H,6-11H2,1H3. The second kappa shape index (κ2) is 5.80. The first kappa shape index (κ1) is 14.0.